The van der Waals surface area contributed by atoms with Gasteiger partial charge in [-0.1, -0.05) is 44.0 Å². The standard InChI is InChI=1S/C20H22F2O2/c1-2-3-8-16-13-15-7-5-9-17(21)19(15)23-12-11-14-6-4-10-18(22)20(14)24-16/h4-7,9-10,16H,2-3,8,11-13H2,1H3. The summed E-state index contributed by atoms with van der Waals surface area (Å²) in [7, 11) is 0. The van der Waals surface area contributed by atoms with E-state index in [1.54, 1.807) is 12.1 Å². The Morgan fingerprint density at radius 3 is 2.46 bits per heavy atom. The third-order valence-electron chi connectivity index (χ3n) is 4.33. The van der Waals surface area contributed by atoms with Crippen molar-refractivity contribution < 1.29 is 18.3 Å². The fraction of sp³-hybridized carbons (Fsp3) is 0.400. The zero-order valence-electron chi connectivity index (χ0n) is 13.9. The van der Waals surface area contributed by atoms with E-state index in [1.165, 1.54) is 12.1 Å². The molecule has 2 nitrogen and oxygen atoms in total. The van der Waals surface area contributed by atoms with Crippen LogP contribution in [0.25, 0.3) is 0 Å². The van der Waals surface area contributed by atoms with Crippen LogP contribution < -0.4 is 9.47 Å². The predicted molar refractivity (Wildman–Crippen MR) is 89.6 cm³/mol. The van der Waals surface area contributed by atoms with Gasteiger partial charge in [0.15, 0.2) is 23.1 Å². The Bertz CT molecular complexity index is 700. The van der Waals surface area contributed by atoms with Gasteiger partial charge in [0, 0.05) is 24.0 Å². The van der Waals surface area contributed by atoms with Gasteiger partial charge in [-0.25, -0.2) is 8.78 Å². The van der Waals surface area contributed by atoms with E-state index in [1.807, 2.05) is 12.1 Å². The molecule has 2 aromatic carbocycles. The lowest BCUT2D eigenvalue weighted by Crippen LogP contribution is -2.23. The van der Waals surface area contributed by atoms with Gasteiger partial charge in [-0.3, -0.25) is 0 Å². The molecule has 0 aliphatic carbocycles. The highest BCUT2D eigenvalue weighted by Gasteiger charge is 2.21. The number of hydrogen-bond acceptors (Lipinski definition) is 2. The van der Waals surface area contributed by atoms with Crippen LogP contribution in [0.3, 0.4) is 0 Å². The first-order valence-corrected chi connectivity index (χ1v) is 8.53. The molecule has 1 atom stereocenters. The predicted octanol–water partition coefficient (Wildman–Crippen LogP) is 5.08. The van der Waals surface area contributed by atoms with Gasteiger partial charge in [-0.05, 0) is 18.6 Å². The van der Waals surface area contributed by atoms with Gasteiger partial charge in [0.1, 0.15) is 6.10 Å². The van der Waals surface area contributed by atoms with Crippen molar-refractivity contribution >= 4 is 0 Å². The quantitative estimate of drug-likeness (QED) is 0.780. The van der Waals surface area contributed by atoms with E-state index < -0.39 is 0 Å². The summed E-state index contributed by atoms with van der Waals surface area (Å²) in [6, 6.07) is 9.84. The smallest absolute Gasteiger partial charge is 0.165 e. The van der Waals surface area contributed by atoms with Crippen LogP contribution in [-0.2, 0) is 12.8 Å². The molecule has 1 aliphatic heterocycles. The lowest BCUT2D eigenvalue weighted by Gasteiger charge is -2.24. The average Bonchev–Trinajstić information content (AvgIpc) is 2.57. The van der Waals surface area contributed by atoms with Crippen molar-refractivity contribution in [2.75, 3.05) is 6.61 Å². The SMILES string of the molecule is CCCCC1Cc2cccc(F)c2OCCc2cccc(F)c2O1. The second-order valence-electron chi connectivity index (χ2n) is 6.14. The molecule has 4 heteroatoms. The number of halogens is 2. The molecule has 0 radical (unpaired) electrons. The van der Waals surface area contributed by atoms with Gasteiger partial charge in [0.2, 0.25) is 0 Å². The number of fused-ring (bicyclic) bond motifs is 2. The number of benzene rings is 2. The molecule has 1 unspecified atom stereocenters. The van der Waals surface area contributed by atoms with Crippen LogP contribution in [0.1, 0.15) is 37.3 Å². The van der Waals surface area contributed by atoms with Gasteiger partial charge in [-0.2, -0.15) is 0 Å². The fourth-order valence-corrected chi connectivity index (χ4v) is 3.07. The van der Waals surface area contributed by atoms with E-state index in [4.69, 9.17) is 9.47 Å². The van der Waals surface area contributed by atoms with Crippen LogP contribution in [0.15, 0.2) is 36.4 Å². The first-order valence-electron chi connectivity index (χ1n) is 8.53. The van der Waals surface area contributed by atoms with Crippen LogP contribution in [0.2, 0.25) is 0 Å². The maximum absolute atomic E-state index is 14.2. The van der Waals surface area contributed by atoms with Crippen molar-refractivity contribution in [3.05, 3.63) is 59.2 Å². The Hall–Kier alpha value is -2.10. The normalized spacial score (nSPS) is 17.2. The minimum atomic E-state index is -0.359. The van der Waals surface area contributed by atoms with Gasteiger partial charge >= 0.3 is 0 Å². The van der Waals surface area contributed by atoms with Gasteiger partial charge in [0.25, 0.3) is 0 Å². The molecule has 1 aliphatic rings. The van der Waals surface area contributed by atoms with Crippen LogP contribution in [0, 0.1) is 11.6 Å². The van der Waals surface area contributed by atoms with Gasteiger partial charge < -0.3 is 9.47 Å². The van der Waals surface area contributed by atoms with E-state index in [2.05, 4.69) is 6.92 Å². The molecule has 128 valence electrons. The molecular weight excluding hydrogens is 310 g/mol. The first-order chi connectivity index (χ1) is 11.7. The number of hydrogen-bond donors (Lipinski definition) is 0. The van der Waals surface area contributed by atoms with Crippen molar-refractivity contribution in [2.45, 2.75) is 45.1 Å². The molecule has 0 bridgehead atoms. The largest absolute Gasteiger partial charge is 0.490 e. The Morgan fingerprint density at radius 2 is 1.71 bits per heavy atom. The molecule has 0 aromatic heterocycles. The van der Waals surface area contributed by atoms with Crippen molar-refractivity contribution in [1.29, 1.82) is 0 Å². The van der Waals surface area contributed by atoms with Crippen LogP contribution in [0.4, 0.5) is 8.78 Å². The lowest BCUT2D eigenvalue weighted by molar-refractivity contribution is 0.172. The fourth-order valence-electron chi connectivity index (χ4n) is 3.07. The number of ether oxygens (including phenoxy) is 2. The van der Waals surface area contributed by atoms with E-state index in [0.29, 0.717) is 24.3 Å². The molecule has 0 N–H and O–H groups in total. The van der Waals surface area contributed by atoms with E-state index in [-0.39, 0.29) is 24.3 Å². The second-order valence-corrected chi connectivity index (χ2v) is 6.14. The van der Waals surface area contributed by atoms with Gasteiger partial charge in [-0.15, -0.1) is 0 Å². The molecule has 24 heavy (non-hydrogen) atoms. The average molecular weight is 332 g/mol. The Morgan fingerprint density at radius 1 is 1.00 bits per heavy atom. The molecule has 0 saturated heterocycles. The molecule has 2 aromatic rings. The molecule has 0 fully saturated rings. The van der Waals surface area contributed by atoms with Crippen LogP contribution >= 0.6 is 0 Å². The summed E-state index contributed by atoms with van der Waals surface area (Å²) >= 11 is 0. The zero-order chi connectivity index (χ0) is 16.9. The third kappa shape index (κ3) is 3.69. The summed E-state index contributed by atoms with van der Waals surface area (Å²) in [5.74, 6) is -0.111. The second kappa shape index (κ2) is 7.65. The molecule has 0 saturated carbocycles. The zero-order valence-corrected chi connectivity index (χ0v) is 13.9. The molecule has 3 rings (SSSR count). The Labute approximate surface area is 141 Å². The minimum absolute atomic E-state index is 0.206. The summed E-state index contributed by atoms with van der Waals surface area (Å²) < 4.78 is 40.1. The Kier molecular flexibility index (Phi) is 5.34. The molecule has 0 spiro atoms. The summed E-state index contributed by atoms with van der Waals surface area (Å²) in [5.41, 5.74) is 1.53. The minimum Gasteiger partial charge on any atom is -0.490 e. The van der Waals surface area contributed by atoms with E-state index >= 15 is 0 Å². The maximum atomic E-state index is 14.2. The van der Waals surface area contributed by atoms with Crippen molar-refractivity contribution in [1.82, 2.24) is 0 Å². The summed E-state index contributed by atoms with van der Waals surface area (Å²) in [6.07, 6.45) is 3.56. The van der Waals surface area contributed by atoms with Gasteiger partial charge in [0.05, 0.1) is 6.61 Å². The first kappa shape index (κ1) is 16.7. The molecular formula is C20H22F2O2. The topological polar surface area (TPSA) is 18.5 Å². The molecule has 0 amide bonds. The van der Waals surface area contributed by atoms with Crippen molar-refractivity contribution in [3.63, 3.8) is 0 Å². The third-order valence-corrected chi connectivity index (χ3v) is 4.33. The van der Waals surface area contributed by atoms with E-state index in [0.717, 1.165) is 30.4 Å². The van der Waals surface area contributed by atoms with Crippen LogP contribution in [0.5, 0.6) is 11.5 Å². The highest BCUT2D eigenvalue weighted by atomic mass is 19.1. The number of rotatable bonds is 3. The monoisotopic (exact) mass is 332 g/mol. The summed E-state index contributed by atoms with van der Waals surface area (Å²) in [5, 5.41) is 0. The number of para-hydroxylation sites is 2. The lowest BCUT2D eigenvalue weighted by atomic mass is 10.0. The number of unbranched alkanes of at least 4 members (excludes halogenated alkanes) is 1. The van der Waals surface area contributed by atoms with Crippen LogP contribution in [-0.4, -0.2) is 12.7 Å². The summed E-state index contributed by atoms with van der Waals surface area (Å²) in [4.78, 5) is 0. The highest BCUT2D eigenvalue weighted by molar-refractivity contribution is 5.38. The van der Waals surface area contributed by atoms with E-state index in [9.17, 15) is 8.78 Å². The Balaban J connectivity index is 1.96. The molecule has 1 heterocycles. The maximum Gasteiger partial charge on any atom is 0.165 e. The van der Waals surface area contributed by atoms with Crippen molar-refractivity contribution in [3.8, 4) is 11.5 Å². The highest BCUT2D eigenvalue weighted by Crippen LogP contribution is 2.31. The summed E-state index contributed by atoms with van der Waals surface area (Å²) in [6.45, 7) is 2.39. The van der Waals surface area contributed by atoms with Crippen molar-refractivity contribution in [2.24, 2.45) is 0 Å².